The van der Waals surface area contributed by atoms with Gasteiger partial charge in [0.1, 0.15) is 0 Å². The Labute approximate surface area is 129 Å². The van der Waals surface area contributed by atoms with Crippen LogP contribution in [0.25, 0.3) is 0 Å². The summed E-state index contributed by atoms with van der Waals surface area (Å²) in [6, 6.07) is 10.5. The molecule has 118 valence electrons. The van der Waals surface area contributed by atoms with Crippen LogP contribution in [0.15, 0.2) is 30.3 Å². The van der Waals surface area contributed by atoms with Crippen LogP contribution in [0.2, 0.25) is 0 Å². The van der Waals surface area contributed by atoms with Crippen LogP contribution in [0.3, 0.4) is 0 Å². The molecule has 21 heavy (non-hydrogen) atoms. The first-order valence-electron chi connectivity index (χ1n) is 7.92. The molecule has 0 saturated heterocycles. The van der Waals surface area contributed by atoms with Crippen molar-refractivity contribution in [1.29, 1.82) is 0 Å². The molecule has 2 unspecified atom stereocenters. The fraction of sp³-hybridized carbons (Fsp3) is 0.611. The first kappa shape index (κ1) is 17.7. The molecule has 0 radical (unpaired) electrons. The van der Waals surface area contributed by atoms with Crippen molar-refractivity contribution in [2.24, 2.45) is 11.7 Å². The fourth-order valence-corrected chi connectivity index (χ4v) is 2.35. The van der Waals surface area contributed by atoms with Gasteiger partial charge in [-0.15, -0.1) is 0 Å². The molecule has 0 aliphatic rings. The van der Waals surface area contributed by atoms with Crippen molar-refractivity contribution in [2.45, 2.75) is 58.4 Å². The maximum atomic E-state index is 12.2. The molecule has 0 aliphatic carbocycles. The number of hydrogen-bond donors (Lipinski definition) is 2. The predicted octanol–water partition coefficient (Wildman–Crippen LogP) is 3.23. The Kier molecular flexibility index (Phi) is 6.90. The minimum atomic E-state index is -0.0532. The highest BCUT2D eigenvalue weighted by Gasteiger charge is 2.22. The molecule has 0 heterocycles. The first-order valence-corrected chi connectivity index (χ1v) is 7.92. The van der Waals surface area contributed by atoms with Gasteiger partial charge >= 0.3 is 0 Å². The van der Waals surface area contributed by atoms with Crippen LogP contribution < -0.4 is 11.1 Å². The third-order valence-electron chi connectivity index (χ3n) is 4.00. The van der Waals surface area contributed by atoms with Gasteiger partial charge in [0.15, 0.2) is 0 Å². The lowest BCUT2D eigenvalue weighted by molar-refractivity contribution is -0.124. The van der Waals surface area contributed by atoms with Crippen LogP contribution in [-0.2, 0) is 10.2 Å². The lowest BCUT2D eigenvalue weighted by Crippen LogP contribution is -2.39. The zero-order chi connectivity index (χ0) is 15.9. The standard InChI is InChI=1S/C18H30N2O/c1-14(9-8-10-15(2)19)17(21)20-13-18(3,4)16-11-6-5-7-12-16/h5-7,11-12,14-15H,8-10,13,19H2,1-4H3,(H,20,21). The van der Waals surface area contributed by atoms with E-state index < -0.39 is 0 Å². The molecule has 3 N–H and O–H groups in total. The largest absolute Gasteiger partial charge is 0.355 e. The van der Waals surface area contributed by atoms with E-state index in [1.165, 1.54) is 5.56 Å². The highest BCUT2D eigenvalue weighted by atomic mass is 16.1. The van der Waals surface area contributed by atoms with E-state index in [2.05, 4.69) is 31.3 Å². The Morgan fingerprint density at radius 1 is 1.19 bits per heavy atom. The summed E-state index contributed by atoms with van der Waals surface area (Å²) in [5, 5.41) is 3.09. The van der Waals surface area contributed by atoms with Crippen LogP contribution in [0.4, 0.5) is 0 Å². The van der Waals surface area contributed by atoms with Crippen molar-refractivity contribution >= 4 is 5.91 Å². The number of rotatable bonds is 8. The van der Waals surface area contributed by atoms with Crippen molar-refractivity contribution in [3.63, 3.8) is 0 Å². The molecule has 0 saturated carbocycles. The van der Waals surface area contributed by atoms with Gasteiger partial charge in [0.2, 0.25) is 5.91 Å². The minimum Gasteiger partial charge on any atom is -0.355 e. The Bertz CT molecular complexity index is 426. The van der Waals surface area contributed by atoms with E-state index in [4.69, 9.17) is 5.73 Å². The van der Waals surface area contributed by atoms with E-state index in [1.54, 1.807) is 0 Å². The topological polar surface area (TPSA) is 55.1 Å². The predicted molar refractivity (Wildman–Crippen MR) is 89.1 cm³/mol. The summed E-state index contributed by atoms with van der Waals surface area (Å²) in [6.45, 7) is 8.97. The molecule has 0 aliphatic heterocycles. The van der Waals surface area contributed by atoms with Gasteiger partial charge in [-0.3, -0.25) is 4.79 Å². The molecule has 1 aromatic carbocycles. The Balaban J connectivity index is 2.41. The quantitative estimate of drug-likeness (QED) is 0.772. The van der Waals surface area contributed by atoms with Crippen molar-refractivity contribution in [1.82, 2.24) is 5.32 Å². The number of benzene rings is 1. The molecular formula is C18H30N2O. The molecule has 3 nitrogen and oxygen atoms in total. The van der Waals surface area contributed by atoms with Gasteiger partial charge in [-0.05, 0) is 25.3 Å². The summed E-state index contributed by atoms with van der Waals surface area (Å²) < 4.78 is 0. The molecule has 0 aromatic heterocycles. The number of carbonyl (C=O) groups excluding carboxylic acids is 1. The summed E-state index contributed by atoms with van der Waals surface area (Å²) in [5.74, 6) is 0.194. The summed E-state index contributed by atoms with van der Waals surface area (Å²) in [6.07, 6.45) is 2.89. The van der Waals surface area contributed by atoms with E-state index in [-0.39, 0.29) is 23.3 Å². The third kappa shape index (κ3) is 6.30. The van der Waals surface area contributed by atoms with Gasteiger partial charge in [0, 0.05) is 23.9 Å². The molecule has 1 rings (SSSR count). The zero-order valence-corrected chi connectivity index (χ0v) is 13.9. The Morgan fingerprint density at radius 2 is 1.81 bits per heavy atom. The maximum Gasteiger partial charge on any atom is 0.222 e. The van der Waals surface area contributed by atoms with Gasteiger partial charge in [-0.2, -0.15) is 0 Å². The summed E-state index contributed by atoms with van der Waals surface area (Å²) in [7, 11) is 0. The molecule has 0 fully saturated rings. The third-order valence-corrected chi connectivity index (χ3v) is 4.00. The second-order valence-electron chi connectivity index (χ2n) is 6.78. The maximum absolute atomic E-state index is 12.2. The van der Waals surface area contributed by atoms with Crippen molar-refractivity contribution in [2.75, 3.05) is 6.54 Å². The van der Waals surface area contributed by atoms with Gasteiger partial charge in [0.25, 0.3) is 0 Å². The molecule has 2 atom stereocenters. The lowest BCUT2D eigenvalue weighted by atomic mass is 9.84. The SMILES string of the molecule is CC(N)CCCC(C)C(=O)NCC(C)(C)c1ccccc1. The molecule has 0 bridgehead atoms. The summed E-state index contributed by atoms with van der Waals surface area (Å²) >= 11 is 0. The van der Waals surface area contributed by atoms with Crippen LogP contribution in [0.1, 0.15) is 52.5 Å². The summed E-state index contributed by atoms with van der Waals surface area (Å²) in [4.78, 5) is 12.2. The van der Waals surface area contributed by atoms with E-state index >= 15 is 0 Å². The number of amides is 1. The van der Waals surface area contributed by atoms with E-state index in [0.29, 0.717) is 6.54 Å². The van der Waals surface area contributed by atoms with Gasteiger partial charge in [0.05, 0.1) is 0 Å². The van der Waals surface area contributed by atoms with Crippen LogP contribution in [0.5, 0.6) is 0 Å². The first-order chi connectivity index (χ1) is 9.83. The highest BCUT2D eigenvalue weighted by molar-refractivity contribution is 5.78. The highest BCUT2D eigenvalue weighted by Crippen LogP contribution is 2.22. The van der Waals surface area contributed by atoms with E-state index in [1.807, 2.05) is 32.0 Å². The second-order valence-corrected chi connectivity index (χ2v) is 6.78. The number of nitrogens with one attached hydrogen (secondary N) is 1. The average molecular weight is 290 g/mol. The Morgan fingerprint density at radius 3 is 2.38 bits per heavy atom. The number of hydrogen-bond acceptors (Lipinski definition) is 2. The Hall–Kier alpha value is -1.35. The normalized spacial score (nSPS) is 14.5. The fourth-order valence-electron chi connectivity index (χ4n) is 2.35. The average Bonchev–Trinajstić information content (AvgIpc) is 2.45. The van der Waals surface area contributed by atoms with Crippen LogP contribution in [-0.4, -0.2) is 18.5 Å². The van der Waals surface area contributed by atoms with Gasteiger partial charge in [-0.25, -0.2) is 0 Å². The minimum absolute atomic E-state index is 0.0512. The van der Waals surface area contributed by atoms with Crippen LogP contribution in [0, 0.1) is 5.92 Å². The molecule has 0 spiro atoms. The molecule has 1 aromatic rings. The lowest BCUT2D eigenvalue weighted by Gasteiger charge is -2.26. The second kappa shape index (κ2) is 8.18. The monoisotopic (exact) mass is 290 g/mol. The van der Waals surface area contributed by atoms with Crippen molar-refractivity contribution < 1.29 is 4.79 Å². The number of nitrogens with two attached hydrogens (primary N) is 1. The van der Waals surface area contributed by atoms with Crippen molar-refractivity contribution in [3.8, 4) is 0 Å². The van der Waals surface area contributed by atoms with E-state index in [0.717, 1.165) is 19.3 Å². The van der Waals surface area contributed by atoms with Crippen molar-refractivity contribution in [3.05, 3.63) is 35.9 Å². The van der Waals surface area contributed by atoms with Gasteiger partial charge < -0.3 is 11.1 Å². The van der Waals surface area contributed by atoms with Gasteiger partial charge in [-0.1, -0.05) is 57.5 Å². The van der Waals surface area contributed by atoms with Crippen LogP contribution >= 0.6 is 0 Å². The smallest absolute Gasteiger partial charge is 0.222 e. The summed E-state index contributed by atoms with van der Waals surface area (Å²) in [5.41, 5.74) is 6.93. The zero-order valence-electron chi connectivity index (χ0n) is 13.9. The number of carbonyl (C=O) groups is 1. The molecule has 1 amide bonds. The van der Waals surface area contributed by atoms with E-state index in [9.17, 15) is 4.79 Å². The molecule has 3 heteroatoms. The molecular weight excluding hydrogens is 260 g/mol.